The van der Waals surface area contributed by atoms with E-state index < -0.39 is 0 Å². The van der Waals surface area contributed by atoms with Crippen LogP contribution in [0.15, 0.2) is 170 Å². The molecule has 46 heavy (non-hydrogen) atoms. The highest BCUT2D eigenvalue weighted by atomic mass is 14.9. The van der Waals surface area contributed by atoms with Gasteiger partial charge in [-0.2, -0.15) is 0 Å². The Morgan fingerprint density at radius 1 is 0.435 bits per heavy atom. The number of hydrogen-bond acceptors (Lipinski definition) is 1. The Balaban J connectivity index is 1.27. The third-order valence-corrected chi connectivity index (χ3v) is 10.6. The molecule has 0 aromatic heterocycles. The van der Waals surface area contributed by atoms with Crippen LogP contribution in [0.5, 0.6) is 0 Å². The van der Waals surface area contributed by atoms with Crippen molar-refractivity contribution in [1.29, 1.82) is 0 Å². The Labute approximate surface area is 275 Å². The lowest BCUT2D eigenvalue weighted by atomic mass is 9.70. The lowest BCUT2D eigenvalue weighted by Crippen LogP contribution is -2.30. The van der Waals surface area contributed by atoms with Gasteiger partial charge in [0.25, 0.3) is 0 Å². The molecule has 1 N–H and O–H groups in total. The fourth-order valence-electron chi connectivity index (χ4n) is 7.79. The number of nitrogens with one attached hydrogen (secondary N) is 1. The van der Waals surface area contributed by atoms with Crippen LogP contribution in [0.25, 0.3) is 0 Å². The normalized spacial score (nSPS) is 15.2. The van der Waals surface area contributed by atoms with E-state index in [1.165, 1.54) is 57.3 Å². The summed E-state index contributed by atoms with van der Waals surface area (Å²) in [4.78, 5) is 0. The van der Waals surface area contributed by atoms with Crippen molar-refractivity contribution >= 4 is 0 Å². The molecule has 6 aromatic carbocycles. The standard InChI is InChI=1S/C45H43N/c1-44(36-16-7-3-8-17-36,37-18-9-4-10-19-37)40-29-25-34(26-30-40)43(42-24-15-33-46-42)35-27-31-41(32-28-35)45(2,38-20-11-5-12-21-38)39-22-13-6-14-23-39/h3-14,16-23,25-32,42-43,46H,15,24,33H2,1-2H3. The molecule has 0 spiro atoms. The highest BCUT2D eigenvalue weighted by Crippen LogP contribution is 2.42. The zero-order valence-electron chi connectivity index (χ0n) is 26.9. The molecule has 1 heterocycles. The van der Waals surface area contributed by atoms with E-state index in [0.29, 0.717) is 6.04 Å². The van der Waals surface area contributed by atoms with Gasteiger partial charge in [-0.15, -0.1) is 0 Å². The zero-order valence-corrected chi connectivity index (χ0v) is 26.9. The van der Waals surface area contributed by atoms with Gasteiger partial charge in [-0.25, -0.2) is 0 Å². The van der Waals surface area contributed by atoms with Crippen LogP contribution in [0.2, 0.25) is 0 Å². The molecule has 1 aliphatic rings. The number of benzene rings is 6. The van der Waals surface area contributed by atoms with E-state index in [0.717, 1.165) is 6.54 Å². The van der Waals surface area contributed by atoms with Gasteiger partial charge >= 0.3 is 0 Å². The summed E-state index contributed by atoms with van der Waals surface area (Å²) in [7, 11) is 0. The first kappa shape index (κ1) is 30.0. The van der Waals surface area contributed by atoms with Crippen molar-refractivity contribution in [2.24, 2.45) is 0 Å². The quantitative estimate of drug-likeness (QED) is 0.164. The number of hydrogen-bond donors (Lipinski definition) is 1. The Morgan fingerprint density at radius 3 is 1.02 bits per heavy atom. The molecule has 0 bridgehead atoms. The first-order valence-electron chi connectivity index (χ1n) is 16.7. The smallest absolute Gasteiger partial charge is 0.0423 e. The molecule has 0 aliphatic carbocycles. The minimum atomic E-state index is -0.247. The highest BCUT2D eigenvalue weighted by Gasteiger charge is 2.34. The molecule has 0 amide bonds. The Hall–Kier alpha value is -4.72. The van der Waals surface area contributed by atoms with Crippen molar-refractivity contribution < 1.29 is 0 Å². The summed E-state index contributed by atoms with van der Waals surface area (Å²) in [5.74, 6) is 0.282. The first-order chi connectivity index (χ1) is 22.6. The first-order valence-corrected chi connectivity index (χ1v) is 16.7. The van der Waals surface area contributed by atoms with Crippen LogP contribution in [-0.2, 0) is 10.8 Å². The largest absolute Gasteiger partial charge is 0.313 e. The Bertz CT molecular complexity index is 1610. The van der Waals surface area contributed by atoms with Gasteiger partial charge in [0, 0.05) is 22.8 Å². The molecule has 1 saturated heterocycles. The molecule has 1 unspecified atom stereocenters. The van der Waals surface area contributed by atoms with E-state index in [9.17, 15) is 0 Å². The maximum absolute atomic E-state index is 3.85. The maximum atomic E-state index is 3.85. The molecule has 1 heteroatoms. The van der Waals surface area contributed by atoms with Gasteiger partial charge in [0.2, 0.25) is 0 Å². The average molecular weight is 598 g/mol. The Morgan fingerprint density at radius 2 is 0.739 bits per heavy atom. The Kier molecular flexibility index (Phi) is 8.43. The summed E-state index contributed by atoms with van der Waals surface area (Å²) in [6, 6.07) is 63.1. The summed E-state index contributed by atoms with van der Waals surface area (Å²) in [6.07, 6.45) is 2.41. The maximum Gasteiger partial charge on any atom is 0.0423 e. The van der Waals surface area contributed by atoms with Crippen molar-refractivity contribution in [3.63, 3.8) is 0 Å². The molecule has 7 rings (SSSR count). The molecule has 0 radical (unpaired) electrons. The van der Waals surface area contributed by atoms with Gasteiger partial charge in [0.1, 0.15) is 0 Å². The number of rotatable bonds is 9. The average Bonchev–Trinajstić information content (AvgIpc) is 3.68. The monoisotopic (exact) mass is 597 g/mol. The van der Waals surface area contributed by atoms with Crippen LogP contribution in [0.3, 0.4) is 0 Å². The molecule has 1 atom stereocenters. The van der Waals surface area contributed by atoms with Crippen LogP contribution >= 0.6 is 0 Å². The summed E-state index contributed by atoms with van der Waals surface area (Å²) in [5.41, 5.74) is 10.1. The van der Waals surface area contributed by atoms with Crippen LogP contribution < -0.4 is 5.32 Å². The lowest BCUT2D eigenvalue weighted by molar-refractivity contribution is 0.539. The molecule has 228 valence electrons. The fourth-order valence-corrected chi connectivity index (χ4v) is 7.79. The van der Waals surface area contributed by atoms with Gasteiger partial charge in [-0.3, -0.25) is 0 Å². The second-order valence-corrected chi connectivity index (χ2v) is 13.1. The third kappa shape index (κ3) is 5.50. The van der Waals surface area contributed by atoms with Crippen molar-refractivity contribution in [3.05, 3.63) is 214 Å². The van der Waals surface area contributed by atoms with Crippen LogP contribution in [0, 0.1) is 0 Å². The van der Waals surface area contributed by atoms with Gasteiger partial charge in [-0.1, -0.05) is 170 Å². The van der Waals surface area contributed by atoms with Gasteiger partial charge in [-0.05, 0) is 77.7 Å². The van der Waals surface area contributed by atoms with E-state index in [1.54, 1.807) is 0 Å². The van der Waals surface area contributed by atoms with Gasteiger partial charge in [0.05, 0.1) is 0 Å². The topological polar surface area (TPSA) is 12.0 Å². The molecule has 1 fully saturated rings. The molecular weight excluding hydrogens is 555 g/mol. The van der Waals surface area contributed by atoms with Crippen molar-refractivity contribution in [3.8, 4) is 0 Å². The third-order valence-electron chi connectivity index (χ3n) is 10.6. The lowest BCUT2D eigenvalue weighted by Gasteiger charge is -2.33. The molecule has 6 aromatic rings. The van der Waals surface area contributed by atoms with Crippen LogP contribution in [-0.4, -0.2) is 12.6 Å². The zero-order chi connectivity index (χ0) is 31.4. The van der Waals surface area contributed by atoms with Gasteiger partial charge < -0.3 is 5.32 Å². The second-order valence-electron chi connectivity index (χ2n) is 13.1. The predicted molar refractivity (Wildman–Crippen MR) is 193 cm³/mol. The van der Waals surface area contributed by atoms with Crippen molar-refractivity contribution in [1.82, 2.24) is 5.32 Å². The summed E-state index contributed by atoms with van der Waals surface area (Å²) in [5, 5.41) is 3.85. The van der Waals surface area contributed by atoms with E-state index in [1.807, 2.05) is 0 Å². The molecule has 1 aliphatic heterocycles. The second kappa shape index (κ2) is 12.9. The minimum absolute atomic E-state index is 0.247. The predicted octanol–water partition coefficient (Wildman–Crippen LogP) is 10.3. The van der Waals surface area contributed by atoms with Crippen molar-refractivity contribution in [2.75, 3.05) is 6.54 Å². The SMILES string of the molecule is CC(c1ccccc1)(c1ccccc1)c1ccc(C(c2ccc(C(C)(c3ccccc3)c3ccccc3)cc2)C2CCCN2)cc1. The molecule has 1 nitrogen and oxygen atoms in total. The molecule has 0 saturated carbocycles. The van der Waals surface area contributed by atoms with Gasteiger partial charge in [0.15, 0.2) is 0 Å². The van der Waals surface area contributed by atoms with E-state index in [4.69, 9.17) is 0 Å². The highest BCUT2D eigenvalue weighted by molar-refractivity contribution is 5.53. The van der Waals surface area contributed by atoms with E-state index in [-0.39, 0.29) is 16.7 Å². The summed E-state index contributed by atoms with van der Waals surface area (Å²) < 4.78 is 0. The fraction of sp³-hybridized carbons (Fsp3) is 0.200. The van der Waals surface area contributed by atoms with Crippen molar-refractivity contribution in [2.45, 2.75) is 49.5 Å². The van der Waals surface area contributed by atoms with E-state index in [2.05, 4.69) is 189 Å². The summed E-state index contributed by atoms with van der Waals surface area (Å²) in [6.45, 7) is 5.80. The van der Waals surface area contributed by atoms with Crippen LogP contribution in [0.1, 0.15) is 77.1 Å². The van der Waals surface area contributed by atoms with E-state index >= 15 is 0 Å². The molecular formula is C45H43N. The van der Waals surface area contributed by atoms with Crippen LogP contribution in [0.4, 0.5) is 0 Å². The summed E-state index contributed by atoms with van der Waals surface area (Å²) >= 11 is 0. The minimum Gasteiger partial charge on any atom is -0.313 e.